The fourth-order valence-electron chi connectivity index (χ4n) is 3.19. The Balaban J connectivity index is 1.61. The first-order chi connectivity index (χ1) is 14.9. The molecule has 0 radical (unpaired) electrons. The second-order valence-corrected chi connectivity index (χ2v) is 8.02. The van der Waals surface area contributed by atoms with E-state index in [9.17, 15) is 14.4 Å². The van der Waals surface area contributed by atoms with Crippen molar-refractivity contribution in [2.45, 2.75) is 38.9 Å². The van der Waals surface area contributed by atoms with Crippen molar-refractivity contribution >= 4 is 41.3 Å². The average Bonchev–Trinajstić information content (AvgIpc) is 3.31. The third-order valence-corrected chi connectivity index (χ3v) is 5.37. The molecule has 0 saturated heterocycles. The van der Waals surface area contributed by atoms with Crippen LogP contribution in [0.25, 0.3) is 0 Å². The number of nitrogens with one attached hydrogen (secondary N) is 1. The standard InChI is InChI=1S/C22H22Cl2N2O5/c23-18-9-5-15(6-10-18)13-30-21(28)25-26(20(27)17-3-1-2-4-17)22(29)31-14-16-7-11-19(24)12-8-16/h5-12,17H,1-4,13-14H2,(H,25,28). The summed E-state index contributed by atoms with van der Waals surface area (Å²) in [6.07, 6.45) is 1.18. The van der Waals surface area contributed by atoms with Gasteiger partial charge >= 0.3 is 12.2 Å². The van der Waals surface area contributed by atoms with Gasteiger partial charge in [-0.25, -0.2) is 15.0 Å². The number of hydrazine groups is 1. The van der Waals surface area contributed by atoms with Crippen molar-refractivity contribution in [3.8, 4) is 0 Å². The van der Waals surface area contributed by atoms with Crippen LogP contribution in [0.4, 0.5) is 9.59 Å². The third-order valence-electron chi connectivity index (χ3n) is 4.87. The Hall–Kier alpha value is -2.77. The Morgan fingerprint density at radius 3 is 1.84 bits per heavy atom. The molecule has 0 unspecified atom stereocenters. The molecule has 1 fully saturated rings. The predicted molar refractivity (Wildman–Crippen MR) is 115 cm³/mol. The molecule has 164 valence electrons. The van der Waals surface area contributed by atoms with Crippen LogP contribution in [-0.2, 0) is 27.5 Å². The van der Waals surface area contributed by atoms with Crippen LogP contribution in [0, 0.1) is 5.92 Å². The van der Waals surface area contributed by atoms with Gasteiger partial charge in [0.2, 0.25) is 0 Å². The lowest BCUT2D eigenvalue weighted by Crippen LogP contribution is -2.52. The molecule has 0 heterocycles. The lowest BCUT2D eigenvalue weighted by molar-refractivity contribution is -0.136. The number of benzene rings is 2. The molecule has 1 aliphatic carbocycles. The molecule has 2 aromatic rings. The molecule has 31 heavy (non-hydrogen) atoms. The summed E-state index contributed by atoms with van der Waals surface area (Å²) in [6.45, 7) is -0.125. The predicted octanol–water partition coefficient (Wildman–Crippen LogP) is 5.49. The normalized spacial score (nSPS) is 13.5. The number of hydrogen-bond acceptors (Lipinski definition) is 5. The Morgan fingerprint density at radius 1 is 0.839 bits per heavy atom. The summed E-state index contributed by atoms with van der Waals surface area (Å²) >= 11 is 11.7. The molecule has 1 aliphatic rings. The fraction of sp³-hybridized carbons (Fsp3) is 0.318. The molecule has 0 atom stereocenters. The molecule has 0 spiro atoms. The van der Waals surface area contributed by atoms with Crippen LogP contribution in [0.5, 0.6) is 0 Å². The molecular weight excluding hydrogens is 443 g/mol. The van der Waals surface area contributed by atoms with E-state index < -0.39 is 18.1 Å². The molecule has 1 N–H and O–H groups in total. The minimum atomic E-state index is -0.977. The van der Waals surface area contributed by atoms with E-state index >= 15 is 0 Å². The summed E-state index contributed by atoms with van der Waals surface area (Å²) in [7, 11) is 0. The van der Waals surface area contributed by atoms with Gasteiger partial charge in [0, 0.05) is 16.0 Å². The number of amides is 3. The number of nitrogens with zero attached hydrogens (tertiary/aromatic N) is 1. The highest BCUT2D eigenvalue weighted by atomic mass is 35.5. The van der Waals surface area contributed by atoms with E-state index in [1.165, 1.54) is 0 Å². The Bertz CT molecular complexity index is 913. The molecule has 0 aromatic heterocycles. The number of hydrogen-bond donors (Lipinski definition) is 1. The second-order valence-electron chi connectivity index (χ2n) is 7.15. The minimum absolute atomic E-state index is 0.0473. The quantitative estimate of drug-likeness (QED) is 0.591. The molecular formula is C22H22Cl2N2O5. The highest BCUT2D eigenvalue weighted by molar-refractivity contribution is 6.30. The smallest absolute Gasteiger partial charge is 0.436 e. The Morgan fingerprint density at radius 2 is 1.32 bits per heavy atom. The van der Waals surface area contributed by atoms with E-state index in [1.54, 1.807) is 48.5 Å². The molecule has 3 amide bonds. The highest BCUT2D eigenvalue weighted by Crippen LogP contribution is 2.26. The van der Waals surface area contributed by atoms with E-state index in [-0.39, 0.29) is 19.1 Å². The van der Waals surface area contributed by atoms with Gasteiger partial charge in [-0.2, -0.15) is 0 Å². The van der Waals surface area contributed by atoms with Gasteiger partial charge in [0.15, 0.2) is 0 Å². The molecule has 0 aliphatic heterocycles. The first-order valence-electron chi connectivity index (χ1n) is 9.85. The molecule has 7 nitrogen and oxygen atoms in total. The zero-order chi connectivity index (χ0) is 22.2. The van der Waals surface area contributed by atoms with Gasteiger partial charge in [0.25, 0.3) is 5.91 Å². The maximum Gasteiger partial charge on any atom is 0.436 e. The molecule has 1 saturated carbocycles. The van der Waals surface area contributed by atoms with Gasteiger partial charge in [-0.3, -0.25) is 4.79 Å². The number of ether oxygens (including phenoxy) is 2. The molecule has 9 heteroatoms. The first-order valence-corrected chi connectivity index (χ1v) is 10.6. The minimum Gasteiger partial charge on any atom is -0.443 e. The van der Waals surface area contributed by atoms with E-state index in [1.807, 2.05) is 0 Å². The SMILES string of the molecule is O=C(NN(C(=O)OCc1ccc(Cl)cc1)C(=O)C1CCCC1)OCc1ccc(Cl)cc1. The van der Waals surface area contributed by atoms with Gasteiger partial charge in [0.1, 0.15) is 13.2 Å². The maximum atomic E-state index is 12.8. The molecule has 0 bridgehead atoms. The first kappa shape index (κ1) is 22.9. The summed E-state index contributed by atoms with van der Waals surface area (Å²) in [6, 6.07) is 13.5. The van der Waals surface area contributed by atoms with Crippen molar-refractivity contribution in [2.75, 3.05) is 0 Å². The lowest BCUT2D eigenvalue weighted by atomic mass is 10.1. The average molecular weight is 465 g/mol. The number of carbonyl (C=O) groups is 3. The summed E-state index contributed by atoms with van der Waals surface area (Å²) in [5.41, 5.74) is 3.62. The second kappa shape index (κ2) is 11.0. The van der Waals surface area contributed by atoms with Crippen LogP contribution in [0.3, 0.4) is 0 Å². The van der Waals surface area contributed by atoms with E-state index in [0.29, 0.717) is 39.0 Å². The van der Waals surface area contributed by atoms with E-state index in [2.05, 4.69) is 5.43 Å². The number of rotatable bonds is 5. The summed E-state index contributed by atoms with van der Waals surface area (Å²) in [5.74, 6) is -0.860. The largest absolute Gasteiger partial charge is 0.443 e. The van der Waals surface area contributed by atoms with Gasteiger partial charge in [-0.1, -0.05) is 60.3 Å². The monoisotopic (exact) mass is 464 g/mol. The van der Waals surface area contributed by atoms with Crippen molar-refractivity contribution in [3.05, 3.63) is 69.7 Å². The van der Waals surface area contributed by atoms with Crippen LogP contribution in [0.15, 0.2) is 48.5 Å². The van der Waals surface area contributed by atoms with Gasteiger partial charge in [-0.05, 0) is 48.2 Å². The summed E-state index contributed by atoms with van der Waals surface area (Å²) in [4.78, 5) is 37.7. The third kappa shape index (κ3) is 6.87. The van der Waals surface area contributed by atoms with E-state index in [4.69, 9.17) is 32.7 Å². The Kier molecular flexibility index (Phi) is 8.14. The van der Waals surface area contributed by atoms with Crippen LogP contribution >= 0.6 is 23.2 Å². The van der Waals surface area contributed by atoms with Crippen molar-refractivity contribution in [3.63, 3.8) is 0 Å². The van der Waals surface area contributed by atoms with Gasteiger partial charge < -0.3 is 9.47 Å². The van der Waals surface area contributed by atoms with Crippen LogP contribution in [-0.4, -0.2) is 23.1 Å². The van der Waals surface area contributed by atoms with E-state index in [0.717, 1.165) is 12.8 Å². The number of carbonyl (C=O) groups excluding carboxylic acids is 3. The van der Waals surface area contributed by atoms with Crippen molar-refractivity contribution in [1.82, 2.24) is 10.4 Å². The zero-order valence-corrected chi connectivity index (χ0v) is 18.2. The lowest BCUT2D eigenvalue weighted by Gasteiger charge is -2.23. The molecule has 2 aromatic carbocycles. The van der Waals surface area contributed by atoms with Gasteiger partial charge in [-0.15, -0.1) is 5.01 Å². The number of imide groups is 1. The van der Waals surface area contributed by atoms with Crippen molar-refractivity contribution < 1.29 is 23.9 Å². The number of halogens is 2. The van der Waals surface area contributed by atoms with Crippen LogP contribution in [0.2, 0.25) is 10.0 Å². The van der Waals surface area contributed by atoms with Crippen molar-refractivity contribution in [1.29, 1.82) is 0 Å². The van der Waals surface area contributed by atoms with Crippen LogP contribution < -0.4 is 5.43 Å². The summed E-state index contributed by atoms with van der Waals surface area (Å²) < 4.78 is 10.4. The van der Waals surface area contributed by atoms with Gasteiger partial charge in [0.05, 0.1) is 0 Å². The highest BCUT2D eigenvalue weighted by Gasteiger charge is 2.33. The fourth-order valence-corrected chi connectivity index (χ4v) is 3.44. The molecule has 3 rings (SSSR count). The van der Waals surface area contributed by atoms with Crippen molar-refractivity contribution in [2.24, 2.45) is 5.92 Å². The Labute approximate surface area is 190 Å². The summed E-state index contributed by atoms with van der Waals surface area (Å²) in [5, 5.41) is 1.72. The zero-order valence-electron chi connectivity index (χ0n) is 16.7. The van der Waals surface area contributed by atoms with Crippen LogP contribution in [0.1, 0.15) is 36.8 Å². The topological polar surface area (TPSA) is 84.9 Å². The maximum absolute atomic E-state index is 12.8.